The van der Waals surface area contributed by atoms with E-state index in [4.69, 9.17) is 9.47 Å². The number of Topliss-reactive ketones (excluding diaryl/α,β-unsaturated/α-hetero) is 1. The minimum atomic E-state index is -0.826. The van der Waals surface area contributed by atoms with Crippen molar-refractivity contribution >= 4 is 28.8 Å². The van der Waals surface area contributed by atoms with Crippen molar-refractivity contribution in [1.82, 2.24) is 0 Å². The molecule has 1 unspecified atom stereocenters. The van der Waals surface area contributed by atoms with Crippen molar-refractivity contribution in [2.45, 2.75) is 26.0 Å². The van der Waals surface area contributed by atoms with Crippen molar-refractivity contribution in [2.24, 2.45) is 0 Å². The van der Waals surface area contributed by atoms with E-state index in [1.165, 1.54) is 4.90 Å². The normalized spacial score (nSPS) is 18.8. The van der Waals surface area contributed by atoms with E-state index in [1.54, 1.807) is 30.3 Å². The Balaban J connectivity index is 1.69. The molecule has 1 saturated heterocycles. The number of carbonyl (C=O) groups is 2. The zero-order valence-electron chi connectivity index (χ0n) is 20.5. The summed E-state index contributed by atoms with van der Waals surface area (Å²) in [5, 5.41) is 11.5. The molecule has 5 rings (SSSR count). The number of nitrogens with zero attached hydrogens (tertiary/aromatic N) is 2. The number of rotatable bonds is 5. The van der Waals surface area contributed by atoms with Crippen molar-refractivity contribution in [1.29, 1.82) is 0 Å². The summed E-state index contributed by atoms with van der Waals surface area (Å²) in [6.45, 7) is 5.14. The Morgan fingerprint density at radius 2 is 1.81 bits per heavy atom. The number of hydrogen-bond donors (Lipinski definition) is 1. The van der Waals surface area contributed by atoms with E-state index in [2.05, 4.69) is 0 Å². The molecule has 1 fully saturated rings. The number of anilines is 2. The molecule has 184 valence electrons. The van der Waals surface area contributed by atoms with Crippen LogP contribution in [-0.4, -0.2) is 43.1 Å². The Kier molecular flexibility index (Phi) is 6.14. The molecule has 1 N–H and O–H groups in total. The van der Waals surface area contributed by atoms with Gasteiger partial charge in [-0.1, -0.05) is 30.3 Å². The van der Waals surface area contributed by atoms with Gasteiger partial charge in [-0.05, 0) is 61.9 Å². The molecule has 3 aromatic rings. The Morgan fingerprint density at radius 1 is 1.03 bits per heavy atom. The molecule has 3 aromatic carbocycles. The minimum Gasteiger partial charge on any atom is -0.507 e. The van der Waals surface area contributed by atoms with Crippen LogP contribution in [-0.2, 0) is 9.59 Å². The molecule has 0 aliphatic carbocycles. The lowest BCUT2D eigenvalue weighted by atomic mass is 9.94. The Hall–Kier alpha value is -4.26. The van der Waals surface area contributed by atoms with Crippen LogP contribution >= 0.6 is 0 Å². The van der Waals surface area contributed by atoms with E-state index in [1.807, 2.05) is 68.3 Å². The van der Waals surface area contributed by atoms with Gasteiger partial charge in [0.2, 0.25) is 0 Å². The van der Waals surface area contributed by atoms with Crippen LogP contribution in [0.5, 0.6) is 11.5 Å². The van der Waals surface area contributed by atoms with Gasteiger partial charge in [-0.3, -0.25) is 14.5 Å². The van der Waals surface area contributed by atoms with Gasteiger partial charge < -0.3 is 19.5 Å². The molecule has 2 aliphatic heterocycles. The first kappa shape index (κ1) is 23.5. The van der Waals surface area contributed by atoms with Gasteiger partial charge in [-0.25, -0.2) is 0 Å². The van der Waals surface area contributed by atoms with E-state index in [0.29, 0.717) is 41.5 Å². The largest absolute Gasteiger partial charge is 0.507 e. The van der Waals surface area contributed by atoms with E-state index in [0.717, 1.165) is 5.69 Å². The SMILES string of the molecule is CC(C)Oc1cccc(C2/C(=C(/O)c3ccc4c(c3)N(C)CCO4)C(=O)C(=O)N2c2ccccc2)c1. The smallest absolute Gasteiger partial charge is 0.300 e. The van der Waals surface area contributed by atoms with Crippen LogP contribution < -0.4 is 19.3 Å². The lowest BCUT2D eigenvalue weighted by Crippen LogP contribution is -2.29. The van der Waals surface area contributed by atoms with E-state index in [-0.39, 0.29) is 17.4 Å². The predicted molar refractivity (Wildman–Crippen MR) is 139 cm³/mol. The van der Waals surface area contributed by atoms with Gasteiger partial charge in [0, 0.05) is 18.3 Å². The van der Waals surface area contributed by atoms with Crippen molar-refractivity contribution in [3.05, 3.63) is 89.5 Å². The fraction of sp³-hybridized carbons (Fsp3) is 0.241. The molecular formula is C29H28N2O5. The fourth-order valence-electron chi connectivity index (χ4n) is 4.69. The fourth-order valence-corrected chi connectivity index (χ4v) is 4.69. The van der Waals surface area contributed by atoms with Crippen molar-refractivity contribution in [3.63, 3.8) is 0 Å². The Morgan fingerprint density at radius 3 is 2.56 bits per heavy atom. The molecular weight excluding hydrogens is 456 g/mol. The number of fused-ring (bicyclic) bond motifs is 1. The lowest BCUT2D eigenvalue weighted by Gasteiger charge is -2.28. The molecule has 0 aromatic heterocycles. The molecule has 1 atom stereocenters. The Labute approximate surface area is 210 Å². The number of benzene rings is 3. The highest BCUT2D eigenvalue weighted by molar-refractivity contribution is 6.51. The van der Waals surface area contributed by atoms with Gasteiger partial charge in [0.05, 0.1) is 30.0 Å². The highest BCUT2D eigenvalue weighted by Crippen LogP contribution is 2.43. The standard InChI is InChI=1S/C29H28N2O5/c1-18(2)36-22-11-7-8-19(16-22)26-25(28(33)29(34)31(26)21-9-5-4-6-10-21)27(32)20-12-13-24-23(17-20)30(3)14-15-35-24/h4-13,16-18,26,32H,14-15H2,1-3H3/b27-25-. The third-order valence-corrected chi connectivity index (χ3v) is 6.35. The van der Waals surface area contributed by atoms with Crippen LogP contribution in [0.3, 0.4) is 0 Å². The molecule has 7 nitrogen and oxygen atoms in total. The van der Waals surface area contributed by atoms with Gasteiger partial charge in [0.15, 0.2) is 0 Å². The number of likely N-dealkylation sites (N-methyl/N-ethyl adjacent to an activating group) is 1. The summed E-state index contributed by atoms with van der Waals surface area (Å²) in [5.41, 5.74) is 2.52. The van der Waals surface area contributed by atoms with Crippen molar-refractivity contribution in [3.8, 4) is 11.5 Å². The second-order valence-corrected chi connectivity index (χ2v) is 9.20. The average Bonchev–Trinajstić information content (AvgIpc) is 3.14. The molecule has 0 bridgehead atoms. The summed E-state index contributed by atoms with van der Waals surface area (Å²) in [7, 11) is 1.94. The number of ether oxygens (including phenoxy) is 2. The van der Waals surface area contributed by atoms with Crippen LogP contribution in [0.25, 0.3) is 5.76 Å². The van der Waals surface area contributed by atoms with E-state index in [9.17, 15) is 14.7 Å². The number of amides is 1. The molecule has 2 aliphatic rings. The number of ketones is 1. The minimum absolute atomic E-state index is 0.0323. The van der Waals surface area contributed by atoms with E-state index < -0.39 is 17.7 Å². The lowest BCUT2D eigenvalue weighted by molar-refractivity contribution is -0.132. The maximum Gasteiger partial charge on any atom is 0.300 e. The number of aliphatic hydroxyl groups is 1. The average molecular weight is 485 g/mol. The number of carbonyl (C=O) groups excluding carboxylic acids is 2. The molecule has 36 heavy (non-hydrogen) atoms. The number of aliphatic hydroxyl groups excluding tert-OH is 1. The zero-order chi connectivity index (χ0) is 25.4. The maximum absolute atomic E-state index is 13.4. The van der Waals surface area contributed by atoms with Gasteiger partial charge in [0.25, 0.3) is 11.7 Å². The predicted octanol–water partition coefficient (Wildman–Crippen LogP) is 4.93. The first-order valence-corrected chi connectivity index (χ1v) is 12.0. The van der Waals surface area contributed by atoms with Gasteiger partial charge in [-0.2, -0.15) is 0 Å². The van der Waals surface area contributed by atoms with Crippen LogP contribution in [0.4, 0.5) is 11.4 Å². The molecule has 0 radical (unpaired) electrons. The van der Waals surface area contributed by atoms with Crippen LogP contribution in [0.15, 0.2) is 78.4 Å². The second-order valence-electron chi connectivity index (χ2n) is 9.20. The highest BCUT2D eigenvalue weighted by atomic mass is 16.5. The summed E-state index contributed by atoms with van der Waals surface area (Å²) in [6.07, 6.45) is -0.0459. The summed E-state index contributed by atoms with van der Waals surface area (Å²) in [4.78, 5) is 30.3. The van der Waals surface area contributed by atoms with Crippen LogP contribution in [0.1, 0.15) is 31.0 Å². The number of hydrogen-bond acceptors (Lipinski definition) is 6. The summed E-state index contributed by atoms with van der Waals surface area (Å²) >= 11 is 0. The topological polar surface area (TPSA) is 79.3 Å². The monoisotopic (exact) mass is 484 g/mol. The highest BCUT2D eigenvalue weighted by Gasteiger charge is 2.47. The third-order valence-electron chi connectivity index (χ3n) is 6.35. The van der Waals surface area contributed by atoms with Gasteiger partial charge in [0.1, 0.15) is 23.9 Å². The van der Waals surface area contributed by atoms with Crippen LogP contribution in [0.2, 0.25) is 0 Å². The quantitative estimate of drug-likeness (QED) is 0.314. The Bertz CT molecular complexity index is 1350. The zero-order valence-corrected chi connectivity index (χ0v) is 20.5. The van der Waals surface area contributed by atoms with Crippen molar-refractivity contribution in [2.75, 3.05) is 30.0 Å². The molecule has 0 spiro atoms. The number of para-hydroxylation sites is 1. The summed E-state index contributed by atoms with van der Waals surface area (Å²) in [6, 6.07) is 20.8. The van der Waals surface area contributed by atoms with Gasteiger partial charge in [-0.15, -0.1) is 0 Å². The first-order valence-electron chi connectivity index (χ1n) is 12.0. The summed E-state index contributed by atoms with van der Waals surface area (Å²) in [5.74, 6) is -0.331. The van der Waals surface area contributed by atoms with Gasteiger partial charge >= 0.3 is 0 Å². The second kappa shape index (κ2) is 9.41. The summed E-state index contributed by atoms with van der Waals surface area (Å²) < 4.78 is 11.6. The van der Waals surface area contributed by atoms with E-state index >= 15 is 0 Å². The van der Waals surface area contributed by atoms with Crippen molar-refractivity contribution < 1.29 is 24.2 Å². The molecule has 2 heterocycles. The molecule has 1 amide bonds. The molecule has 7 heteroatoms. The third kappa shape index (κ3) is 4.17. The maximum atomic E-state index is 13.4. The first-order chi connectivity index (χ1) is 17.3. The molecule has 0 saturated carbocycles. The van der Waals surface area contributed by atoms with Crippen LogP contribution in [0, 0.1) is 0 Å².